The first-order valence-electron chi connectivity index (χ1n) is 10.7. The third kappa shape index (κ3) is 6.21. The average Bonchev–Trinajstić information content (AvgIpc) is 3.28. The van der Waals surface area contributed by atoms with Gasteiger partial charge in [0, 0.05) is 31.6 Å². The van der Waals surface area contributed by atoms with Crippen molar-refractivity contribution >= 4 is 23.3 Å². The lowest BCUT2D eigenvalue weighted by atomic mass is 10.0. The van der Waals surface area contributed by atoms with Crippen molar-refractivity contribution in [1.82, 2.24) is 15.1 Å². The van der Waals surface area contributed by atoms with E-state index >= 15 is 0 Å². The Morgan fingerprint density at radius 2 is 2.06 bits per heavy atom. The van der Waals surface area contributed by atoms with E-state index in [9.17, 15) is 9.59 Å². The number of fused-ring (bicyclic) bond motifs is 1. The molecule has 0 saturated heterocycles. The highest BCUT2D eigenvalue weighted by Crippen LogP contribution is 2.34. The van der Waals surface area contributed by atoms with Crippen molar-refractivity contribution in [2.45, 2.75) is 25.8 Å². The SMILES string of the molecule is CCCNC(=O)N(CCOC)CC(=O)N1CCc2sccc2[C@@H]1COc1ccccc1. The lowest BCUT2D eigenvalue weighted by Gasteiger charge is -2.37. The number of hydrogen-bond acceptors (Lipinski definition) is 5. The molecule has 1 atom stereocenters. The molecule has 0 radical (unpaired) electrons. The number of urea groups is 1. The summed E-state index contributed by atoms with van der Waals surface area (Å²) in [6.45, 7) is 4.31. The number of benzene rings is 1. The van der Waals surface area contributed by atoms with Crippen molar-refractivity contribution in [3.63, 3.8) is 0 Å². The number of para-hydroxylation sites is 1. The number of ether oxygens (including phenoxy) is 2. The van der Waals surface area contributed by atoms with Crippen LogP contribution < -0.4 is 10.1 Å². The summed E-state index contributed by atoms with van der Waals surface area (Å²) in [7, 11) is 1.59. The second-order valence-corrected chi connectivity index (χ2v) is 8.42. The maximum absolute atomic E-state index is 13.3. The molecule has 0 spiro atoms. The van der Waals surface area contributed by atoms with Crippen LogP contribution in [0.2, 0.25) is 0 Å². The summed E-state index contributed by atoms with van der Waals surface area (Å²) >= 11 is 1.72. The molecule has 1 aromatic carbocycles. The molecule has 8 heteroatoms. The molecule has 1 N–H and O–H groups in total. The van der Waals surface area contributed by atoms with E-state index in [1.165, 1.54) is 9.78 Å². The van der Waals surface area contributed by atoms with Gasteiger partial charge in [-0.3, -0.25) is 4.79 Å². The third-order valence-electron chi connectivity index (χ3n) is 5.27. The van der Waals surface area contributed by atoms with E-state index in [1.807, 2.05) is 42.2 Å². The fourth-order valence-electron chi connectivity index (χ4n) is 3.62. The summed E-state index contributed by atoms with van der Waals surface area (Å²) in [6, 6.07) is 11.3. The first kappa shape index (κ1) is 23.1. The first-order chi connectivity index (χ1) is 15.1. The Morgan fingerprint density at radius 3 is 2.81 bits per heavy atom. The van der Waals surface area contributed by atoms with Crippen LogP contribution in [0.1, 0.15) is 29.8 Å². The van der Waals surface area contributed by atoms with Crippen LogP contribution in [0.3, 0.4) is 0 Å². The fourth-order valence-corrected chi connectivity index (χ4v) is 4.55. The largest absolute Gasteiger partial charge is 0.491 e. The normalized spacial score (nSPS) is 15.3. The highest BCUT2D eigenvalue weighted by molar-refractivity contribution is 7.10. The number of hydrogen-bond donors (Lipinski definition) is 1. The molecular formula is C23H31N3O4S. The minimum Gasteiger partial charge on any atom is -0.491 e. The maximum Gasteiger partial charge on any atom is 0.317 e. The van der Waals surface area contributed by atoms with E-state index in [4.69, 9.17) is 9.47 Å². The van der Waals surface area contributed by atoms with Gasteiger partial charge in [-0.25, -0.2) is 4.79 Å². The number of carbonyl (C=O) groups excluding carboxylic acids is 2. The van der Waals surface area contributed by atoms with Crippen LogP contribution in [-0.4, -0.2) is 68.2 Å². The molecular weight excluding hydrogens is 414 g/mol. The summed E-state index contributed by atoms with van der Waals surface area (Å²) in [6.07, 6.45) is 1.66. The smallest absolute Gasteiger partial charge is 0.317 e. The molecule has 0 unspecified atom stereocenters. The van der Waals surface area contributed by atoms with Crippen LogP contribution in [0.4, 0.5) is 4.79 Å². The van der Waals surface area contributed by atoms with Gasteiger partial charge in [-0.1, -0.05) is 25.1 Å². The quantitative estimate of drug-likeness (QED) is 0.609. The van der Waals surface area contributed by atoms with Crippen molar-refractivity contribution in [3.8, 4) is 5.75 Å². The zero-order chi connectivity index (χ0) is 22.1. The first-order valence-corrected chi connectivity index (χ1v) is 11.6. The van der Waals surface area contributed by atoms with Crippen LogP contribution in [0, 0.1) is 0 Å². The van der Waals surface area contributed by atoms with Gasteiger partial charge >= 0.3 is 6.03 Å². The van der Waals surface area contributed by atoms with Crippen LogP contribution in [-0.2, 0) is 16.0 Å². The second-order valence-electron chi connectivity index (χ2n) is 7.42. The Hall–Kier alpha value is -2.58. The molecule has 1 aliphatic heterocycles. The lowest BCUT2D eigenvalue weighted by Crippen LogP contribution is -2.50. The Bertz CT molecular complexity index is 842. The van der Waals surface area contributed by atoms with Crippen molar-refractivity contribution in [1.29, 1.82) is 0 Å². The van der Waals surface area contributed by atoms with Gasteiger partial charge in [-0.2, -0.15) is 0 Å². The zero-order valence-corrected chi connectivity index (χ0v) is 19.0. The Balaban J connectivity index is 1.72. The highest BCUT2D eigenvalue weighted by Gasteiger charge is 2.33. The van der Waals surface area contributed by atoms with E-state index in [2.05, 4.69) is 16.8 Å². The van der Waals surface area contributed by atoms with Crippen LogP contribution in [0.25, 0.3) is 0 Å². The minimum absolute atomic E-state index is 0.0141. The van der Waals surface area contributed by atoms with Crippen LogP contribution in [0.15, 0.2) is 41.8 Å². The van der Waals surface area contributed by atoms with Crippen LogP contribution >= 0.6 is 11.3 Å². The maximum atomic E-state index is 13.3. The highest BCUT2D eigenvalue weighted by atomic mass is 32.1. The number of thiophene rings is 1. The van der Waals surface area contributed by atoms with Gasteiger partial charge in [0.25, 0.3) is 0 Å². The van der Waals surface area contributed by atoms with Gasteiger partial charge in [0.05, 0.1) is 12.6 Å². The molecule has 3 amide bonds. The molecule has 3 rings (SSSR count). The number of carbonyl (C=O) groups is 2. The van der Waals surface area contributed by atoms with E-state index in [1.54, 1.807) is 18.4 Å². The summed E-state index contributed by atoms with van der Waals surface area (Å²) < 4.78 is 11.2. The van der Waals surface area contributed by atoms with E-state index < -0.39 is 0 Å². The van der Waals surface area contributed by atoms with Gasteiger partial charge in [0.2, 0.25) is 5.91 Å². The standard InChI is InChI=1S/C23H31N3O4S/c1-3-11-24-23(28)25(13-14-29-2)16-22(27)26-12-9-21-19(10-15-31-21)20(26)17-30-18-7-5-4-6-8-18/h4-8,10,15,20H,3,9,11-14,16-17H2,1-2H3,(H,24,28)/t20-/m0/s1. The molecule has 31 heavy (non-hydrogen) atoms. The van der Waals surface area contributed by atoms with Crippen molar-refractivity contribution < 1.29 is 19.1 Å². The topological polar surface area (TPSA) is 71.1 Å². The van der Waals surface area contributed by atoms with E-state index in [-0.39, 0.29) is 24.5 Å². The molecule has 168 valence electrons. The summed E-state index contributed by atoms with van der Waals surface area (Å²) in [5.74, 6) is 0.694. The molecule has 1 aliphatic rings. The molecule has 2 aromatic rings. The number of nitrogens with one attached hydrogen (secondary N) is 1. The number of amides is 3. The number of methoxy groups -OCH3 is 1. The Kier molecular flexibility index (Phi) is 8.73. The van der Waals surface area contributed by atoms with Gasteiger partial charge < -0.3 is 24.6 Å². The van der Waals surface area contributed by atoms with Gasteiger partial charge in [-0.15, -0.1) is 11.3 Å². The van der Waals surface area contributed by atoms with Gasteiger partial charge in [-0.05, 0) is 42.0 Å². The molecule has 0 bridgehead atoms. The summed E-state index contributed by atoms with van der Waals surface area (Å²) in [5, 5.41) is 4.92. The molecule has 0 saturated carbocycles. The van der Waals surface area contributed by atoms with Crippen molar-refractivity contribution in [2.75, 3.05) is 46.5 Å². The molecule has 0 fully saturated rings. The Labute approximate surface area is 187 Å². The lowest BCUT2D eigenvalue weighted by molar-refractivity contribution is -0.135. The molecule has 7 nitrogen and oxygen atoms in total. The molecule has 1 aromatic heterocycles. The number of rotatable bonds is 10. The predicted molar refractivity (Wildman–Crippen MR) is 122 cm³/mol. The molecule has 0 aliphatic carbocycles. The van der Waals surface area contributed by atoms with Crippen molar-refractivity contribution in [3.05, 3.63) is 52.2 Å². The minimum atomic E-state index is -0.238. The van der Waals surface area contributed by atoms with E-state index in [0.717, 1.165) is 24.2 Å². The third-order valence-corrected chi connectivity index (χ3v) is 6.27. The Morgan fingerprint density at radius 1 is 1.26 bits per heavy atom. The van der Waals surface area contributed by atoms with Gasteiger partial charge in [0.15, 0.2) is 0 Å². The zero-order valence-electron chi connectivity index (χ0n) is 18.2. The average molecular weight is 446 g/mol. The monoisotopic (exact) mass is 445 g/mol. The molecule has 2 heterocycles. The summed E-state index contributed by atoms with van der Waals surface area (Å²) in [5.41, 5.74) is 1.14. The summed E-state index contributed by atoms with van der Waals surface area (Å²) in [4.78, 5) is 30.5. The van der Waals surface area contributed by atoms with E-state index in [0.29, 0.717) is 32.8 Å². The van der Waals surface area contributed by atoms with Crippen molar-refractivity contribution in [2.24, 2.45) is 0 Å². The van der Waals surface area contributed by atoms with Crippen LogP contribution in [0.5, 0.6) is 5.75 Å². The number of nitrogens with zero attached hydrogens (tertiary/aromatic N) is 2. The predicted octanol–water partition coefficient (Wildman–Crippen LogP) is 3.32. The van der Waals surface area contributed by atoms with Gasteiger partial charge in [0.1, 0.15) is 18.9 Å². The second kappa shape index (κ2) is 11.7. The fraction of sp³-hybridized carbons (Fsp3) is 0.478.